The summed E-state index contributed by atoms with van der Waals surface area (Å²) in [6, 6.07) is 45.6. The second-order valence-electron chi connectivity index (χ2n) is 24.0. The Hall–Kier alpha value is -6.52. The molecule has 0 amide bonds. The fourth-order valence-corrected chi connectivity index (χ4v) is 13.0. The van der Waals surface area contributed by atoms with Gasteiger partial charge in [-0.2, -0.15) is 0 Å². The van der Waals surface area contributed by atoms with Crippen molar-refractivity contribution in [3.8, 4) is 0 Å². The molecule has 11 rings (SSSR count). The molecular weight excluding hydrogens is 858 g/mol. The van der Waals surface area contributed by atoms with E-state index >= 15 is 0 Å². The van der Waals surface area contributed by atoms with Crippen LogP contribution < -0.4 is 31.1 Å². The average molecular weight is 930 g/mol. The number of allylic oxidation sites excluding steroid dienone is 4. The lowest BCUT2D eigenvalue weighted by atomic mass is 9.33. The fraction of sp³-hybridized carbons (Fsp3) is 0.313. The highest BCUT2D eigenvalue weighted by Gasteiger charge is 2.47. The maximum atomic E-state index is 2.69. The third kappa shape index (κ3) is 7.62. The smallest absolute Gasteiger partial charge is 0.252 e. The molecule has 7 aromatic carbocycles. The molecule has 0 spiro atoms. The Balaban J connectivity index is 1.25. The molecule has 71 heavy (non-hydrogen) atoms. The van der Waals surface area contributed by atoms with Crippen LogP contribution in [0.25, 0.3) is 5.57 Å². The van der Waals surface area contributed by atoms with Gasteiger partial charge < -0.3 is 14.7 Å². The van der Waals surface area contributed by atoms with Crippen LogP contribution in [-0.4, -0.2) is 6.71 Å². The minimum Gasteiger partial charge on any atom is -0.311 e. The maximum Gasteiger partial charge on any atom is 0.252 e. The van der Waals surface area contributed by atoms with E-state index in [1.165, 1.54) is 123 Å². The molecule has 358 valence electrons. The predicted molar refractivity (Wildman–Crippen MR) is 309 cm³/mol. The van der Waals surface area contributed by atoms with E-state index in [-0.39, 0.29) is 23.0 Å². The molecule has 2 heterocycles. The van der Waals surface area contributed by atoms with Gasteiger partial charge in [-0.3, -0.25) is 0 Å². The lowest BCUT2D eigenvalue weighted by molar-refractivity contribution is 0.332. The topological polar surface area (TPSA) is 9.72 Å². The van der Waals surface area contributed by atoms with Gasteiger partial charge in [-0.05, 0) is 210 Å². The third-order valence-corrected chi connectivity index (χ3v) is 16.8. The lowest BCUT2D eigenvalue weighted by Crippen LogP contribution is -2.62. The number of nitrogens with zero attached hydrogens (tertiary/aromatic N) is 3. The van der Waals surface area contributed by atoms with Crippen molar-refractivity contribution in [3.05, 3.63) is 195 Å². The molecule has 0 bridgehead atoms. The van der Waals surface area contributed by atoms with E-state index < -0.39 is 0 Å². The molecule has 0 atom stereocenters. The summed E-state index contributed by atoms with van der Waals surface area (Å²) < 4.78 is 0. The van der Waals surface area contributed by atoms with Crippen molar-refractivity contribution in [2.45, 2.75) is 139 Å². The summed E-state index contributed by atoms with van der Waals surface area (Å²) in [5.41, 5.74) is 31.1. The summed E-state index contributed by atoms with van der Waals surface area (Å²) in [6.07, 6.45) is 11.5. The molecule has 4 aliphatic rings. The Labute approximate surface area is 426 Å². The van der Waals surface area contributed by atoms with Gasteiger partial charge in [-0.15, -0.1) is 0 Å². The van der Waals surface area contributed by atoms with Crippen LogP contribution in [-0.2, 0) is 16.2 Å². The van der Waals surface area contributed by atoms with E-state index in [1.54, 1.807) is 0 Å². The second kappa shape index (κ2) is 16.8. The predicted octanol–water partition coefficient (Wildman–Crippen LogP) is 16.8. The van der Waals surface area contributed by atoms with Crippen LogP contribution in [0.2, 0.25) is 0 Å². The summed E-state index contributed by atoms with van der Waals surface area (Å²) in [4.78, 5) is 7.90. The van der Waals surface area contributed by atoms with Crippen LogP contribution in [0, 0.1) is 48.5 Å². The molecule has 0 radical (unpaired) electrons. The minimum absolute atomic E-state index is 0.00670. The van der Waals surface area contributed by atoms with Gasteiger partial charge in [0.25, 0.3) is 6.71 Å². The largest absolute Gasteiger partial charge is 0.311 e. The third-order valence-electron chi connectivity index (χ3n) is 16.8. The minimum atomic E-state index is -0.128. The highest BCUT2D eigenvalue weighted by molar-refractivity contribution is 7.00. The van der Waals surface area contributed by atoms with Crippen molar-refractivity contribution < 1.29 is 0 Å². The Morgan fingerprint density at radius 3 is 1.56 bits per heavy atom. The van der Waals surface area contributed by atoms with Gasteiger partial charge in [0, 0.05) is 34.1 Å². The van der Waals surface area contributed by atoms with Crippen molar-refractivity contribution in [1.82, 2.24) is 0 Å². The summed E-state index contributed by atoms with van der Waals surface area (Å²) >= 11 is 0. The van der Waals surface area contributed by atoms with E-state index in [0.717, 1.165) is 37.1 Å². The number of benzene rings is 7. The number of para-hydroxylation sites is 2. The highest BCUT2D eigenvalue weighted by atomic mass is 15.2. The fourth-order valence-electron chi connectivity index (χ4n) is 13.0. The highest BCUT2D eigenvalue weighted by Crippen LogP contribution is 2.53. The number of aryl methyl sites for hydroxylation is 7. The van der Waals surface area contributed by atoms with Crippen molar-refractivity contribution in [3.63, 3.8) is 0 Å². The van der Waals surface area contributed by atoms with Gasteiger partial charge in [0.2, 0.25) is 0 Å². The first kappa shape index (κ1) is 46.8. The van der Waals surface area contributed by atoms with Crippen molar-refractivity contribution in [2.24, 2.45) is 0 Å². The van der Waals surface area contributed by atoms with Crippen LogP contribution >= 0.6 is 0 Å². The van der Waals surface area contributed by atoms with Crippen LogP contribution in [0.4, 0.5) is 51.2 Å². The summed E-state index contributed by atoms with van der Waals surface area (Å²) in [7, 11) is 0. The first-order valence-corrected chi connectivity index (χ1v) is 26.3. The maximum absolute atomic E-state index is 2.69. The van der Waals surface area contributed by atoms with Crippen LogP contribution in [0.3, 0.4) is 0 Å². The Kier molecular flexibility index (Phi) is 11.1. The standard InChI is InChI=1S/C67H72BN3/c1-41-34-46(6)64(47(7)35-41)69(51-28-26-49(27-29-51)48-24-16-15-17-25-48)52-30-31-55-57(38-52)70(62-42(2)20-18-21-43(62)3)59-36-50(65(8,9)10)37-60-61(59)68(55)56-39-53-54(67(13,14)33-32-66(53,11)12)40-58(56)71(60)63-44(4)22-19-23-45(63)5/h16,18-31,34-40H,15,17,32-33H2,1-14H3. The number of rotatable bonds is 6. The molecule has 0 N–H and O–H groups in total. The zero-order valence-electron chi connectivity index (χ0n) is 44.9. The zero-order chi connectivity index (χ0) is 50.1. The second-order valence-corrected chi connectivity index (χ2v) is 24.0. The summed E-state index contributed by atoms with van der Waals surface area (Å²) in [5, 5.41) is 0. The van der Waals surface area contributed by atoms with Gasteiger partial charge >= 0.3 is 0 Å². The molecule has 0 aromatic heterocycles. The molecule has 0 unspecified atom stereocenters. The van der Waals surface area contributed by atoms with Gasteiger partial charge in [-0.1, -0.05) is 145 Å². The molecular formula is C67H72BN3. The molecule has 0 fully saturated rings. The average Bonchev–Trinajstić information content (AvgIpc) is 3.32. The molecule has 7 aromatic rings. The quantitative estimate of drug-likeness (QED) is 0.154. The van der Waals surface area contributed by atoms with E-state index in [9.17, 15) is 0 Å². The Morgan fingerprint density at radius 2 is 1.04 bits per heavy atom. The molecule has 2 aliphatic heterocycles. The van der Waals surface area contributed by atoms with E-state index in [4.69, 9.17) is 0 Å². The van der Waals surface area contributed by atoms with E-state index in [2.05, 4.69) is 245 Å². The number of anilines is 9. The van der Waals surface area contributed by atoms with Crippen molar-refractivity contribution >= 4 is 79.9 Å². The lowest BCUT2D eigenvalue weighted by Gasteiger charge is -2.48. The Bertz CT molecular complexity index is 3330. The van der Waals surface area contributed by atoms with Crippen LogP contribution in [0.5, 0.6) is 0 Å². The normalized spacial score (nSPS) is 16.3. The first-order valence-electron chi connectivity index (χ1n) is 26.3. The van der Waals surface area contributed by atoms with Crippen molar-refractivity contribution in [2.75, 3.05) is 14.7 Å². The number of hydrogen-bond acceptors (Lipinski definition) is 3. The number of fused-ring (bicyclic) bond motifs is 5. The summed E-state index contributed by atoms with van der Waals surface area (Å²) in [6.45, 7) is 33.1. The molecule has 2 aliphatic carbocycles. The van der Waals surface area contributed by atoms with Crippen molar-refractivity contribution in [1.29, 1.82) is 0 Å². The van der Waals surface area contributed by atoms with Gasteiger partial charge in [-0.25, -0.2) is 0 Å². The Morgan fingerprint density at radius 1 is 0.521 bits per heavy atom. The molecule has 3 nitrogen and oxygen atoms in total. The zero-order valence-corrected chi connectivity index (χ0v) is 44.9. The SMILES string of the molecule is Cc1cc(C)c(N(c2ccc(C3=CCCC=C3)cc2)c2ccc3c(c2)N(c2c(C)cccc2C)c2cc(C(C)(C)C)cc4c2B3c2cc3c(cc2N4c2c(C)cccc2C)C(C)(C)CCC3(C)C)c(C)c1. The number of hydrogen-bond donors (Lipinski definition) is 0. The van der Waals surface area contributed by atoms with E-state index in [0.29, 0.717) is 0 Å². The summed E-state index contributed by atoms with van der Waals surface area (Å²) in [5.74, 6) is 0. The van der Waals surface area contributed by atoms with Gasteiger partial charge in [0.05, 0.1) is 17.1 Å². The monoisotopic (exact) mass is 930 g/mol. The van der Waals surface area contributed by atoms with Crippen LogP contribution in [0.1, 0.15) is 135 Å². The molecule has 0 saturated heterocycles. The van der Waals surface area contributed by atoms with Gasteiger partial charge in [0.15, 0.2) is 0 Å². The van der Waals surface area contributed by atoms with E-state index in [1.807, 2.05) is 0 Å². The first-order chi connectivity index (χ1) is 33.7. The van der Waals surface area contributed by atoms with Crippen LogP contribution in [0.15, 0.2) is 133 Å². The van der Waals surface area contributed by atoms with Gasteiger partial charge in [0.1, 0.15) is 0 Å². The molecule has 4 heteroatoms. The molecule has 0 saturated carbocycles.